The fourth-order valence-electron chi connectivity index (χ4n) is 4.53. The van der Waals surface area contributed by atoms with Gasteiger partial charge in [0.05, 0.1) is 25.3 Å². The Morgan fingerprint density at radius 1 is 1.03 bits per heavy atom. The van der Waals surface area contributed by atoms with E-state index in [1.54, 1.807) is 25.3 Å². The lowest BCUT2D eigenvalue weighted by atomic mass is 9.93. The minimum Gasteiger partial charge on any atom is -0.507 e. The van der Waals surface area contributed by atoms with Crippen LogP contribution in [0.3, 0.4) is 0 Å². The van der Waals surface area contributed by atoms with Crippen LogP contribution in [0.25, 0.3) is 16.5 Å². The van der Waals surface area contributed by atoms with Crippen LogP contribution in [0, 0.1) is 0 Å². The number of rotatable bonds is 9. The van der Waals surface area contributed by atoms with Gasteiger partial charge in [-0.05, 0) is 49.0 Å². The maximum absolute atomic E-state index is 13.4. The van der Waals surface area contributed by atoms with Crippen molar-refractivity contribution in [1.82, 2.24) is 9.80 Å². The van der Waals surface area contributed by atoms with E-state index in [2.05, 4.69) is 0 Å². The number of methoxy groups -OCH3 is 1. The molecule has 1 unspecified atom stereocenters. The molecule has 0 aromatic heterocycles. The fraction of sp³-hybridized carbons (Fsp3) is 0.310. The van der Waals surface area contributed by atoms with Gasteiger partial charge in [-0.3, -0.25) is 9.59 Å². The van der Waals surface area contributed by atoms with Crippen LogP contribution in [0.15, 0.2) is 66.2 Å². The summed E-state index contributed by atoms with van der Waals surface area (Å²) in [6, 6.07) is 17.8. The van der Waals surface area contributed by atoms with Crippen LogP contribution in [0.2, 0.25) is 0 Å². The summed E-state index contributed by atoms with van der Waals surface area (Å²) in [6.45, 7) is 3.40. The SMILES string of the molecule is CCCOc1cc(C2/C(=C(\O)c3cccc4ccccc34)C(=O)C(=O)N2CCN(C)C)ccc1OC. The van der Waals surface area contributed by atoms with E-state index in [0.717, 1.165) is 17.2 Å². The Labute approximate surface area is 211 Å². The van der Waals surface area contributed by atoms with Crippen molar-refractivity contribution in [2.75, 3.05) is 40.9 Å². The van der Waals surface area contributed by atoms with Crippen LogP contribution >= 0.6 is 0 Å². The van der Waals surface area contributed by atoms with Gasteiger partial charge >= 0.3 is 0 Å². The molecule has 3 aromatic carbocycles. The zero-order chi connectivity index (χ0) is 25.8. The summed E-state index contributed by atoms with van der Waals surface area (Å²) in [7, 11) is 5.38. The highest BCUT2D eigenvalue weighted by molar-refractivity contribution is 6.46. The Kier molecular flexibility index (Phi) is 7.60. The molecule has 0 radical (unpaired) electrons. The summed E-state index contributed by atoms with van der Waals surface area (Å²) < 4.78 is 11.4. The third-order valence-electron chi connectivity index (χ3n) is 6.34. The lowest BCUT2D eigenvalue weighted by molar-refractivity contribution is -0.140. The zero-order valence-electron chi connectivity index (χ0n) is 21.2. The van der Waals surface area contributed by atoms with Crippen LogP contribution in [0.5, 0.6) is 11.5 Å². The topological polar surface area (TPSA) is 79.3 Å². The number of carbonyl (C=O) groups is 2. The molecule has 4 rings (SSSR count). The average Bonchev–Trinajstić information content (AvgIpc) is 3.14. The number of aliphatic hydroxyl groups excluding tert-OH is 1. The number of ether oxygens (including phenoxy) is 2. The van der Waals surface area contributed by atoms with Crippen molar-refractivity contribution in [3.8, 4) is 11.5 Å². The molecule has 1 aliphatic rings. The Morgan fingerprint density at radius 3 is 2.50 bits per heavy atom. The summed E-state index contributed by atoms with van der Waals surface area (Å²) >= 11 is 0. The predicted octanol–water partition coefficient (Wildman–Crippen LogP) is 4.62. The minimum absolute atomic E-state index is 0.0710. The molecule has 1 aliphatic heterocycles. The van der Waals surface area contributed by atoms with Crippen LogP contribution in [0.1, 0.15) is 30.5 Å². The summed E-state index contributed by atoms with van der Waals surface area (Å²) in [5.41, 5.74) is 1.25. The van der Waals surface area contributed by atoms with Crippen LogP contribution in [0.4, 0.5) is 0 Å². The van der Waals surface area contributed by atoms with Gasteiger partial charge in [-0.1, -0.05) is 55.5 Å². The van der Waals surface area contributed by atoms with E-state index >= 15 is 0 Å². The first-order chi connectivity index (χ1) is 17.4. The second kappa shape index (κ2) is 10.8. The lowest BCUT2D eigenvalue weighted by Crippen LogP contribution is -2.35. The lowest BCUT2D eigenvalue weighted by Gasteiger charge is -2.27. The van der Waals surface area contributed by atoms with Gasteiger partial charge in [0.2, 0.25) is 0 Å². The molecule has 0 saturated carbocycles. The number of aliphatic hydroxyl groups is 1. The summed E-state index contributed by atoms with van der Waals surface area (Å²) in [4.78, 5) is 30.1. The molecule has 1 heterocycles. The summed E-state index contributed by atoms with van der Waals surface area (Å²) in [5, 5.41) is 13.3. The zero-order valence-corrected chi connectivity index (χ0v) is 21.2. The molecule has 1 saturated heterocycles. The van der Waals surface area contributed by atoms with Crippen molar-refractivity contribution < 1.29 is 24.2 Å². The Bertz CT molecular complexity index is 1310. The van der Waals surface area contributed by atoms with Crippen LogP contribution in [-0.2, 0) is 9.59 Å². The molecular weight excluding hydrogens is 456 g/mol. The first kappa shape index (κ1) is 25.3. The maximum Gasteiger partial charge on any atom is 0.295 e. The van der Waals surface area contributed by atoms with Crippen molar-refractivity contribution in [3.05, 3.63) is 77.4 Å². The van der Waals surface area contributed by atoms with Gasteiger partial charge < -0.3 is 24.4 Å². The molecule has 1 N–H and O–H groups in total. The van der Waals surface area contributed by atoms with Crippen molar-refractivity contribution in [1.29, 1.82) is 0 Å². The van der Waals surface area contributed by atoms with Gasteiger partial charge in [-0.25, -0.2) is 0 Å². The smallest absolute Gasteiger partial charge is 0.295 e. The second-order valence-electron chi connectivity index (χ2n) is 9.08. The molecule has 1 fully saturated rings. The van der Waals surface area contributed by atoms with E-state index < -0.39 is 17.7 Å². The highest BCUT2D eigenvalue weighted by atomic mass is 16.5. The second-order valence-corrected chi connectivity index (χ2v) is 9.08. The highest BCUT2D eigenvalue weighted by Crippen LogP contribution is 2.42. The van der Waals surface area contributed by atoms with Crippen molar-refractivity contribution >= 4 is 28.2 Å². The number of hydrogen-bond donors (Lipinski definition) is 1. The molecule has 1 amide bonds. The number of benzene rings is 3. The molecule has 7 heteroatoms. The van der Waals surface area contributed by atoms with Gasteiger partial charge in [0.1, 0.15) is 5.76 Å². The van der Waals surface area contributed by atoms with Crippen molar-refractivity contribution in [2.45, 2.75) is 19.4 Å². The standard InChI is InChI=1S/C29H32N2O5/c1-5-17-36-24-18-20(13-14-23(24)35-4)26-25(28(33)29(34)31(26)16-15-30(2)3)27(32)22-12-8-10-19-9-6-7-11-21(19)22/h6-14,18,26,32H,5,15-17H2,1-4H3/b27-25+. The normalized spacial score (nSPS) is 17.2. The number of carbonyl (C=O) groups excluding carboxylic acids is 2. The quantitative estimate of drug-likeness (QED) is 0.269. The van der Waals surface area contributed by atoms with Gasteiger partial charge in [0.15, 0.2) is 11.5 Å². The number of nitrogens with zero attached hydrogens (tertiary/aromatic N) is 2. The van der Waals surface area contributed by atoms with Gasteiger partial charge in [0.25, 0.3) is 11.7 Å². The largest absolute Gasteiger partial charge is 0.507 e. The van der Waals surface area contributed by atoms with Crippen LogP contribution in [-0.4, -0.2) is 67.5 Å². The van der Waals surface area contributed by atoms with E-state index in [0.29, 0.717) is 42.3 Å². The van der Waals surface area contributed by atoms with Gasteiger partial charge in [-0.2, -0.15) is 0 Å². The van der Waals surface area contributed by atoms with Crippen molar-refractivity contribution in [2.24, 2.45) is 0 Å². The van der Waals surface area contributed by atoms with E-state index in [1.807, 2.05) is 68.4 Å². The molecule has 3 aromatic rings. The molecule has 36 heavy (non-hydrogen) atoms. The van der Waals surface area contributed by atoms with Crippen LogP contribution < -0.4 is 9.47 Å². The van der Waals surface area contributed by atoms with E-state index in [9.17, 15) is 14.7 Å². The number of hydrogen-bond acceptors (Lipinski definition) is 6. The number of Topliss-reactive ketones (excluding diaryl/α,β-unsaturated/α-hetero) is 1. The third kappa shape index (κ3) is 4.79. The number of likely N-dealkylation sites (tertiary alicyclic amines) is 1. The first-order valence-electron chi connectivity index (χ1n) is 12.1. The Morgan fingerprint density at radius 2 is 1.78 bits per heavy atom. The number of ketones is 1. The molecule has 0 aliphatic carbocycles. The van der Waals surface area contributed by atoms with E-state index in [4.69, 9.17) is 9.47 Å². The molecule has 1 atom stereocenters. The van der Waals surface area contributed by atoms with Crippen molar-refractivity contribution in [3.63, 3.8) is 0 Å². The van der Waals surface area contributed by atoms with E-state index in [-0.39, 0.29) is 11.3 Å². The third-order valence-corrected chi connectivity index (χ3v) is 6.34. The monoisotopic (exact) mass is 488 g/mol. The average molecular weight is 489 g/mol. The molecule has 7 nitrogen and oxygen atoms in total. The fourth-order valence-corrected chi connectivity index (χ4v) is 4.53. The molecule has 188 valence electrons. The number of likely N-dealkylation sites (N-methyl/N-ethyl adjacent to an activating group) is 1. The number of fused-ring (bicyclic) bond motifs is 1. The minimum atomic E-state index is -0.765. The van der Waals surface area contributed by atoms with E-state index in [1.165, 1.54) is 4.90 Å². The first-order valence-corrected chi connectivity index (χ1v) is 12.1. The Hall–Kier alpha value is -3.84. The highest BCUT2D eigenvalue weighted by Gasteiger charge is 2.46. The maximum atomic E-state index is 13.4. The molecular formula is C29H32N2O5. The Balaban J connectivity index is 1.91. The molecule has 0 spiro atoms. The van der Waals surface area contributed by atoms with Gasteiger partial charge in [-0.15, -0.1) is 0 Å². The number of amides is 1. The summed E-state index contributed by atoms with van der Waals surface area (Å²) in [5.74, 6) is -0.424. The molecule has 0 bridgehead atoms. The van der Waals surface area contributed by atoms with Gasteiger partial charge in [0, 0.05) is 18.7 Å². The summed E-state index contributed by atoms with van der Waals surface area (Å²) in [6.07, 6.45) is 0.815. The predicted molar refractivity (Wildman–Crippen MR) is 140 cm³/mol.